The molecule has 0 unspecified atom stereocenters. The minimum Gasteiger partial charge on any atom is -0.497 e. The van der Waals surface area contributed by atoms with Crippen LogP contribution in [0.3, 0.4) is 0 Å². The highest BCUT2D eigenvalue weighted by atomic mass is 16.5. The summed E-state index contributed by atoms with van der Waals surface area (Å²) in [5, 5.41) is 0. The molecule has 0 spiro atoms. The largest absolute Gasteiger partial charge is 0.497 e. The molecule has 1 fully saturated rings. The van der Waals surface area contributed by atoms with E-state index in [0.717, 1.165) is 18.0 Å². The zero-order valence-corrected chi connectivity index (χ0v) is 12.2. The minimum atomic E-state index is 0.702. The van der Waals surface area contributed by atoms with E-state index in [0.29, 0.717) is 6.04 Å². The number of ether oxygens (including phenoxy) is 1. The lowest BCUT2D eigenvalue weighted by Crippen LogP contribution is -2.31. The number of methoxy groups -OCH3 is 1. The molecule has 0 radical (unpaired) electrons. The van der Waals surface area contributed by atoms with Crippen LogP contribution in [-0.2, 0) is 6.54 Å². The maximum atomic E-state index is 6.07. The van der Waals surface area contributed by atoms with Crippen molar-refractivity contribution in [2.75, 3.05) is 19.9 Å². The number of anilines is 1. The molecule has 0 atom stereocenters. The third-order valence-electron chi connectivity index (χ3n) is 4.22. The van der Waals surface area contributed by atoms with Gasteiger partial charge in [0.1, 0.15) is 5.75 Å². The molecule has 2 N–H and O–H groups in total. The van der Waals surface area contributed by atoms with Crippen molar-refractivity contribution < 1.29 is 4.74 Å². The van der Waals surface area contributed by atoms with Crippen LogP contribution in [0, 0.1) is 0 Å². The Morgan fingerprint density at radius 1 is 1.21 bits per heavy atom. The van der Waals surface area contributed by atoms with Gasteiger partial charge in [0.2, 0.25) is 0 Å². The molecule has 0 aromatic heterocycles. The summed E-state index contributed by atoms with van der Waals surface area (Å²) < 4.78 is 5.28. The van der Waals surface area contributed by atoms with Crippen LogP contribution in [0.5, 0.6) is 5.75 Å². The number of nitrogen functional groups attached to an aromatic ring is 1. The molecular weight excluding hydrogens is 236 g/mol. The Balaban J connectivity index is 2.02. The molecule has 0 heterocycles. The molecule has 0 aliphatic heterocycles. The average Bonchev–Trinajstić information content (AvgIpc) is 2.70. The molecule has 0 amide bonds. The van der Waals surface area contributed by atoms with E-state index in [4.69, 9.17) is 10.5 Å². The lowest BCUT2D eigenvalue weighted by molar-refractivity contribution is 0.213. The number of nitrogens with two attached hydrogens (primary N) is 1. The zero-order chi connectivity index (χ0) is 13.7. The fraction of sp³-hybridized carbons (Fsp3) is 0.625. The number of hydrogen-bond acceptors (Lipinski definition) is 3. The Morgan fingerprint density at radius 2 is 1.89 bits per heavy atom. The lowest BCUT2D eigenvalue weighted by Gasteiger charge is -2.27. The quantitative estimate of drug-likeness (QED) is 0.667. The van der Waals surface area contributed by atoms with Gasteiger partial charge < -0.3 is 10.5 Å². The van der Waals surface area contributed by atoms with E-state index in [-0.39, 0.29) is 0 Å². The Kier molecular flexibility index (Phi) is 5.08. The normalized spacial score (nSPS) is 17.4. The number of rotatable bonds is 4. The molecule has 0 saturated heterocycles. The molecule has 1 aromatic carbocycles. The van der Waals surface area contributed by atoms with Crippen LogP contribution in [0.2, 0.25) is 0 Å². The molecule has 0 bridgehead atoms. The average molecular weight is 262 g/mol. The molecular formula is C16H26N2O. The first-order chi connectivity index (χ1) is 9.20. The molecule has 3 nitrogen and oxygen atoms in total. The summed E-state index contributed by atoms with van der Waals surface area (Å²) in [6, 6.07) is 6.62. The smallest absolute Gasteiger partial charge is 0.119 e. The predicted molar refractivity (Wildman–Crippen MR) is 80.4 cm³/mol. The lowest BCUT2D eigenvalue weighted by atomic mass is 10.1. The Labute approximate surface area is 116 Å². The second-order valence-corrected chi connectivity index (χ2v) is 5.63. The van der Waals surface area contributed by atoms with Crippen molar-refractivity contribution in [3.63, 3.8) is 0 Å². The first-order valence-corrected chi connectivity index (χ1v) is 7.33. The summed E-state index contributed by atoms with van der Waals surface area (Å²) in [6.07, 6.45) is 8.16. The SMILES string of the molecule is COc1ccc(N)c(CN(C)C2CCCCCC2)c1. The Hall–Kier alpha value is -1.22. The van der Waals surface area contributed by atoms with Gasteiger partial charge in [0, 0.05) is 18.3 Å². The Morgan fingerprint density at radius 3 is 2.53 bits per heavy atom. The highest BCUT2D eigenvalue weighted by molar-refractivity contribution is 5.50. The van der Waals surface area contributed by atoms with Crippen LogP contribution in [0.4, 0.5) is 5.69 Å². The van der Waals surface area contributed by atoms with E-state index < -0.39 is 0 Å². The number of nitrogens with zero attached hydrogens (tertiary/aromatic N) is 1. The van der Waals surface area contributed by atoms with Crippen LogP contribution >= 0.6 is 0 Å². The summed E-state index contributed by atoms with van der Waals surface area (Å²) in [5.74, 6) is 0.887. The highest BCUT2D eigenvalue weighted by Gasteiger charge is 2.17. The summed E-state index contributed by atoms with van der Waals surface area (Å²) in [4.78, 5) is 2.45. The summed E-state index contributed by atoms with van der Waals surface area (Å²) in [7, 11) is 3.92. The van der Waals surface area contributed by atoms with E-state index >= 15 is 0 Å². The monoisotopic (exact) mass is 262 g/mol. The van der Waals surface area contributed by atoms with Gasteiger partial charge in [-0.3, -0.25) is 4.90 Å². The highest BCUT2D eigenvalue weighted by Crippen LogP contribution is 2.25. The van der Waals surface area contributed by atoms with Gasteiger partial charge in [0.05, 0.1) is 7.11 Å². The van der Waals surface area contributed by atoms with Gasteiger partial charge in [-0.05, 0) is 43.7 Å². The van der Waals surface area contributed by atoms with E-state index in [2.05, 4.69) is 18.0 Å². The van der Waals surface area contributed by atoms with Crippen molar-refractivity contribution in [1.82, 2.24) is 4.90 Å². The third-order valence-corrected chi connectivity index (χ3v) is 4.22. The van der Waals surface area contributed by atoms with Crippen molar-refractivity contribution in [3.05, 3.63) is 23.8 Å². The van der Waals surface area contributed by atoms with Crippen molar-refractivity contribution in [2.45, 2.75) is 51.1 Å². The topological polar surface area (TPSA) is 38.5 Å². The first-order valence-electron chi connectivity index (χ1n) is 7.33. The minimum absolute atomic E-state index is 0.702. The first kappa shape index (κ1) is 14.2. The van der Waals surface area contributed by atoms with Gasteiger partial charge in [-0.25, -0.2) is 0 Å². The zero-order valence-electron chi connectivity index (χ0n) is 12.2. The van der Waals surface area contributed by atoms with E-state index in [9.17, 15) is 0 Å². The van der Waals surface area contributed by atoms with Gasteiger partial charge in [0.25, 0.3) is 0 Å². The fourth-order valence-corrected chi connectivity index (χ4v) is 2.94. The molecule has 1 saturated carbocycles. The second kappa shape index (κ2) is 6.80. The van der Waals surface area contributed by atoms with Gasteiger partial charge in [-0.1, -0.05) is 25.7 Å². The van der Waals surface area contributed by atoms with Crippen molar-refractivity contribution >= 4 is 5.69 Å². The second-order valence-electron chi connectivity index (χ2n) is 5.63. The molecule has 19 heavy (non-hydrogen) atoms. The van der Waals surface area contributed by atoms with Gasteiger partial charge in [0.15, 0.2) is 0 Å². The van der Waals surface area contributed by atoms with Crippen LogP contribution < -0.4 is 10.5 Å². The predicted octanol–water partition coefficient (Wildman–Crippen LogP) is 3.43. The molecule has 1 aliphatic carbocycles. The summed E-state index contributed by atoms with van der Waals surface area (Å²) in [5.41, 5.74) is 8.11. The van der Waals surface area contributed by atoms with Gasteiger partial charge in [-0.2, -0.15) is 0 Å². The van der Waals surface area contributed by atoms with E-state index in [1.54, 1.807) is 7.11 Å². The summed E-state index contributed by atoms with van der Waals surface area (Å²) >= 11 is 0. The van der Waals surface area contributed by atoms with Crippen LogP contribution in [0.25, 0.3) is 0 Å². The third kappa shape index (κ3) is 3.87. The van der Waals surface area contributed by atoms with Crippen LogP contribution in [0.1, 0.15) is 44.1 Å². The summed E-state index contributed by atoms with van der Waals surface area (Å²) in [6.45, 7) is 0.910. The van der Waals surface area contributed by atoms with Crippen LogP contribution in [-0.4, -0.2) is 25.1 Å². The molecule has 1 aromatic rings. The molecule has 2 rings (SSSR count). The van der Waals surface area contributed by atoms with Crippen molar-refractivity contribution in [2.24, 2.45) is 0 Å². The van der Waals surface area contributed by atoms with Crippen molar-refractivity contribution in [3.8, 4) is 5.75 Å². The number of hydrogen-bond donors (Lipinski definition) is 1. The number of benzene rings is 1. The van der Waals surface area contributed by atoms with Crippen molar-refractivity contribution in [1.29, 1.82) is 0 Å². The van der Waals surface area contributed by atoms with Gasteiger partial charge >= 0.3 is 0 Å². The van der Waals surface area contributed by atoms with Gasteiger partial charge in [-0.15, -0.1) is 0 Å². The van der Waals surface area contributed by atoms with E-state index in [1.807, 2.05) is 12.1 Å². The maximum absolute atomic E-state index is 6.07. The maximum Gasteiger partial charge on any atom is 0.119 e. The van der Waals surface area contributed by atoms with E-state index in [1.165, 1.54) is 44.1 Å². The fourth-order valence-electron chi connectivity index (χ4n) is 2.94. The van der Waals surface area contributed by atoms with Crippen LogP contribution in [0.15, 0.2) is 18.2 Å². The Bertz CT molecular complexity index is 398. The molecule has 106 valence electrons. The molecule has 1 aliphatic rings. The molecule has 3 heteroatoms. The standard InChI is InChI=1S/C16H26N2O/c1-18(14-7-5-3-4-6-8-14)12-13-11-15(19-2)9-10-16(13)17/h9-11,14H,3-8,12,17H2,1-2H3.